The Balaban J connectivity index is 0. The van der Waals surface area contributed by atoms with Gasteiger partial charge >= 0.3 is 0 Å². The lowest BCUT2D eigenvalue weighted by Gasteiger charge is -2.30. The Bertz CT molecular complexity index is 916. The Morgan fingerprint density at radius 2 is 1.78 bits per heavy atom. The number of allylic oxidation sites excluding steroid dienone is 4. The zero-order valence-electron chi connectivity index (χ0n) is 26.9. The van der Waals surface area contributed by atoms with Crippen molar-refractivity contribution >= 4 is 23.5 Å². The summed E-state index contributed by atoms with van der Waals surface area (Å²) in [5.41, 5.74) is 8.71. The zero-order valence-corrected chi connectivity index (χ0v) is 28.5. The van der Waals surface area contributed by atoms with Crippen LogP contribution in [-0.4, -0.2) is 22.8 Å². The molecular weight excluding hydrogens is 539 g/mol. The van der Waals surface area contributed by atoms with Crippen LogP contribution < -0.4 is 10.1 Å². The van der Waals surface area contributed by atoms with Gasteiger partial charge in [0.2, 0.25) is 0 Å². The van der Waals surface area contributed by atoms with Gasteiger partial charge in [-0.25, -0.2) is 0 Å². The largest absolute Gasteiger partial charge is 0.483 e. The molecular formula is C37H63NOS2. The second kappa shape index (κ2) is 24.8. The third kappa shape index (κ3) is 15.3. The molecule has 2 atom stereocenters. The minimum atomic E-state index is 0. The van der Waals surface area contributed by atoms with Crippen LogP contribution in [0.2, 0.25) is 0 Å². The summed E-state index contributed by atoms with van der Waals surface area (Å²) in [5, 5.41) is 4.25. The zero-order chi connectivity index (χ0) is 30.5. The summed E-state index contributed by atoms with van der Waals surface area (Å²) >= 11 is 3.95. The lowest BCUT2D eigenvalue weighted by atomic mass is 9.83. The minimum absolute atomic E-state index is 0. The molecule has 41 heavy (non-hydrogen) atoms. The van der Waals surface area contributed by atoms with Crippen molar-refractivity contribution in [2.24, 2.45) is 5.92 Å². The standard InChI is InChI=1S/C29H45NOS2.C3H6.2C2H4.CH4/c1-7-8-9-12-24-15-22(5)28(25-13-10-11-21(4)14-25)27(16-24)31-19-32-17-26-18-33-29(20(2)3)30-23(26)6;1-3-2;2*1-2;/h14-16,20,25,29-30H,7-13,17-19H2,1-6H3;3H,1H2,2H3;2*1-2H2;1H4. The van der Waals surface area contributed by atoms with Crippen LogP contribution in [0.3, 0.4) is 0 Å². The molecule has 0 saturated carbocycles. The Kier molecular flexibility index (Phi) is 25.0. The predicted molar refractivity (Wildman–Crippen MR) is 195 cm³/mol. The van der Waals surface area contributed by atoms with E-state index in [4.69, 9.17) is 4.74 Å². The average molecular weight is 602 g/mol. The molecule has 0 fully saturated rings. The smallest absolute Gasteiger partial charge is 0.134 e. The number of thioether (sulfide) groups is 2. The molecule has 1 aliphatic heterocycles. The highest BCUT2D eigenvalue weighted by Crippen LogP contribution is 2.39. The maximum Gasteiger partial charge on any atom is 0.134 e. The van der Waals surface area contributed by atoms with E-state index in [-0.39, 0.29) is 7.43 Å². The van der Waals surface area contributed by atoms with Crippen molar-refractivity contribution in [2.75, 3.05) is 17.4 Å². The fourth-order valence-electron chi connectivity index (χ4n) is 4.93. The Hall–Kier alpha value is -1.78. The average Bonchev–Trinajstić information content (AvgIpc) is 2.94. The molecule has 2 nitrogen and oxygen atoms in total. The molecule has 1 aromatic carbocycles. The van der Waals surface area contributed by atoms with E-state index in [9.17, 15) is 0 Å². The summed E-state index contributed by atoms with van der Waals surface area (Å²) in [6.45, 7) is 30.9. The molecule has 0 aromatic heterocycles. The van der Waals surface area contributed by atoms with E-state index < -0.39 is 0 Å². The highest BCUT2D eigenvalue weighted by Gasteiger charge is 2.22. The first-order chi connectivity index (χ1) is 19.3. The molecule has 0 bridgehead atoms. The topological polar surface area (TPSA) is 21.3 Å². The van der Waals surface area contributed by atoms with Crippen LogP contribution in [0.25, 0.3) is 0 Å². The quantitative estimate of drug-likeness (QED) is 0.155. The van der Waals surface area contributed by atoms with Gasteiger partial charge in [0.15, 0.2) is 0 Å². The van der Waals surface area contributed by atoms with E-state index in [0.717, 1.165) is 29.6 Å². The molecule has 1 aromatic rings. The Morgan fingerprint density at radius 1 is 1.12 bits per heavy atom. The van der Waals surface area contributed by atoms with Crippen molar-refractivity contribution in [1.82, 2.24) is 5.32 Å². The van der Waals surface area contributed by atoms with Gasteiger partial charge < -0.3 is 10.1 Å². The molecule has 1 N–H and O–H groups in total. The molecule has 0 spiro atoms. The van der Waals surface area contributed by atoms with Crippen LogP contribution in [0, 0.1) is 12.8 Å². The number of hydrogen-bond donors (Lipinski definition) is 1. The van der Waals surface area contributed by atoms with Crippen LogP contribution in [-0.2, 0) is 6.42 Å². The van der Waals surface area contributed by atoms with E-state index in [2.05, 4.69) is 98.0 Å². The van der Waals surface area contributed by atoms with Crippen molar-refractivity contribution in [3.05, 3.63) is 90.7 Å². The number of rotatable bonds is 11. The first-order valence-electron chi connectivity index (χ1n) is 15.0. The highest BCUT2D eigenvalue weighted by atomic mass is 32.2. The molecule has 1 aliphatic carbocycles. The van der Waals surface area contributed by atoms with Gasteiger partial charge in [0.1, 0.15) is 11.7 Å². The van der Waals surface area contributed by atoms with Gasteiger partial charge in [-0.2, -0.15) is 0 Å². The molecule has 0 amide bonds. The molecule has 0 radical (unpaired) electrons. The van der Waals surface area contributed by atoms with Crippen LogP contribution in [0.1, 0.15) is 110 Å². The van der Waals surface area contributed by atoms with Crippen LogP contribution >= 0.6 is 23.5 Å². The lowest BCUT2D eigenvalue weighted by molar-refractivity contribution is 0.384. The van der Waals surface area contributed by atoms with Crippen molar-refractivity contribution in [3.63, 3.8) is 0 Å². The number of aryl methyl sites for hydroxylation is 2. The SMILES string of the molecule is C.C=C.C=C.C=CC.CCCCCc1cc(C)c(C2C=C(C)CCC2)c(OCSCC2=C(C)NC(C(C)C)SC2)c1. The van der Waals surface area contributed by atoms with Crippen molar-refractivity contribution in [3.8, 4) is 5.75 Å². The van der Waals surface area contributed by atoms with Gasteiger partial charge in [0, 0.05) is 28.7 Å². The van der Waals surface area contributed by atoms with Gasteiger partial charge in [-0.05, 0) is 88.5 Å². The summed E-state index contributed by atoms with van der Waals surface area (Å²) in [5.74, 6) is 5.19. The summed E-state index contributed by atoms with van der Waals surface area (Å²) in [4.78, 5) is 0. The fraction of sp³-hybridized carbons (Fsp3) is 0.568. The second-order valence-corrected chi connectivity index (χ2v) is 12.7. The lowest BCUT2D eigenvalue weighted by Crippen LogP contribution is -2.34. The third-order valence-corrected chi connectivity index (χ3v) is 9.30. The number of ether oxygens (including phenoxy) is 1. The molecule has 0 saturated heterocycles. The van der Waals surface area contributed by atoms with Gasteiger partial charge in [0.25, 0.3) is 0 Å². The van der Waals surface area contributed by atoms with Crippen molar-refractivity contribution in [1.29, 1.82) is 0 Å². The van der Waals surface area contributed by atoms with Crippen LogP contribution in [0.5, 0.6) is 5.75 Å². The Morgan fingerprint density at radius 3 is 2.34 bits per heavy atom. The number of hydrogen-bond acceptors (Lipinski definition) is 4. The van der Waals surface area contributed by atoms with E-state index in [0.29, 0.717) is 17.2 Å². The van der Waals surface area contributed by atoms with Crippen molar-refractivity contribution in [2.45, 2.75) is 112 Å². The van der Waals surface area contributed by atoms with Crippen LogP contribution in [0.15, 0.2) is 74.0 Å². The molecule has 234 valence electrons. The second-order valence-electron chi connectivity index (χ2n) is 10.7. The molecule has 3 rings (SSSR count). The van der Waals surface area contributed by atoms with Gasteiger partial charge in [-0.3, -0.25) is 0 Å². The Labute approximate surface area is 264 Å². The third-order valence-electron chi connectivity index (χ3n) is 6.93. The van der Waals surface area contributed by atoms with E-state index >= 15 is 0 Å². The van der Waals surface area contributed by atoms with Gasteiger partial charge in [-0.1, -0.05) is 64.8 Å². The molecule has 1 heterocycles. The van der Waals surface area contributed by atoms with Crippen molar-refractivity contribution < 1.29 is 4.74 Å². The number of unbranched alkanes of at least 4 members (excludes halogenated alkanes) is 2. The minimum Gasteiger partial charge on any atom is -0.483 e. The molecule has 4 heteroatoms. The van der Waals surface area contributed by atoms with Crippen LogP contribution in [0.4, 0.5) is 0 Å². The number of nitrogens with one attached hydrogen (secondary N) is 1. The summed E-state index contributed by atoms with van der Waals surface area (Å²) < 4.78 is 6.52. The predicted octanol–water partition coefficient (Wildman–Crippen LogP) is 12.0. The highest BCUT2D eigenvalue weighted by molar-refractivity contribution is 8.00. The van der Waals surface area contributed by atoms with E-state index in [1.54, 1.807) is 6.08 Å². The summed E-state index contributed by atoms with van der Waals surface area (Å²) in [6, 6.07) is 4.78. The van der Waals surface area contributed by atoms with Gasteiger partial charge in [0.05, 0.1) is 5.37 Å². The summed E-state index contributed by atoms with van der Waals surface area (Å²) in [6.07, 6.45) is 13.0. The summed E-state index contributed by atoms with van der Waals surface area (Å²) in [7, 11) is 0. The first-order valence-corrected chi connectivity index (χ1v) is 17.2. The normalized spacial score (nSPS) is 17.6. The number of benzene rings is 1. The van der Waals surface area contributed by atoms with E-state index in [1.807, 2.05) is 30.4 Å². The first kappa shape index (κ1) is 41.4. The van der Waals surface area contributed by atoms with E-state index in [1.165, 1.54) is 72.1 Å². The maximum atomic E-state index is 6.52. The monoisotopic (exact) mass is 601 g/mol. The fourth-order valence-corrected chi connectivity index (χ4v) is 7.26. The molecule has 2 unspecified atom stereocenters. The molecule has 2 aliphatic rings. The van der Waals surface area contributed by atoms with Gasteiger partial charge in [-0.15, -0.1) is 56.4 Å². The maximum absolute atomic E-state index is 6.52.